The zero-order valence-corrected chi connectivity index (χ0v) is 15.0. The van der Waals surface area contributed by atoms with Crippen LogP contribution in [-0.2, 0) is 10.0 Å². The van der Waals surface area contributed by atoms with Crippen molar-refractivity contribution >= 4 is 32.0 Å². The second-order valence-electron chi connectivity index (χ2n) is 5.30. The molecule has 12 heteroatoms. The van der Waals surface area contributed by atoms with E-state index in [1.54, 1.807) is 0 Å². The minimum Gasteiger partial charge on any atom is -0.465 e. The van der Waals surface area contributed by atoms with Crippen molar-refractivity contribution in [2.45, 2.75) is 30.1 Å². The van der Waals surface area contributed by atoms with Crippen LogP contribution in [0.4, 0.5) is 18.0 Å². The highest BCUT2D eigenvalue weighted by molar-refractivity contribution is 9.10. The Kier molecular flexibility index (Phi) is 5.84. The van der Waals surface area contributed by atoms with Gasteiger partial charge < -0.3 is 14.7 Å². The van der Waals surface area contributed by atoms with E-state index < -0.39 is 39.2 Å². The van der Waals surface area contributed by atoms with Crippen molar-refractivity contribution in [3.8, 4) is 5.75 Å². The van der Waals surface area contributed by atoms with E-state index in [1.165, 1.54) is 6.07 Å². The van der Waals surface area contributed by atoms with Crippen LogP contribution in [0.2, 0.25) is 0 Å². The molecule has 0 atom stereocenters. The number of hydrogen-bond donors (Lipinski definition) is 2. The number of carboxylic acid groups (broad SMARTS) is 1. The van der Waals surface area contributed by atoms with Crippen molar-refractivity contribution in [2.24, 2.45) is 0 Å². The average molecular weight is 447 g/mol. The molecule has 2 N–H and O–H groups in total. The first-order chi connectivity index (χ1) is 11.5. The standard InChI is InChI=1S/C13H14BrF3N2O5S/c14-8-1-2-10(24-13(15,16)17)11(7-8)25(22,23)18-9-3-5-19(6-4-9)12(20)21/h1-2,7,9,18H,3-6H2,(H,20,21). The number of carbonyl (C=O) groups is 1. The van der Waals surface area contributed by atoms with Crippen LogP contribution in [0.5, 0.6) is 5.75 Å². The predicted octanol–water partition coefficient (Wildman–Crippen LogP) is 2.77. The number of rotatable bonds is 4. The number of likely N-dealkylation sites (tertiary alicyclic amines) is 1. The SMILES string of the molecule is O=C(O)N1CCC(NS(=O)(=O)c2cc(Br)ccc2OC(F)(F)F)CC1. The molecular formula is C13H14BrF3N2O5S. The highest BCUT2D eigenvalue weighted by atomic mass is 79.9. The summed E-state index contributed by atoms with van der Waals surface area (Å²) in [7, 11) is -4.29. The van der Waals surface area contributed by atoms with Crippen molar-refractivity contribution in [1.82, 2.24) is 9.62 Å². The van der Waals surface area contributed by atoms with E-state index in [4.69, 9.17) is 5.11 Å². The predicted molar refractivity (Wildman–Crippen MR) is 83.8 cm³/mol. The first-order valence-corrected chi connectivity index (χ1v) is 9.31. The number of piperidine rings is 1. The van der Waals surface area contributed by atoms with Crippen molar-refractivity contribution in [3.05, 3.63) is 22.7 Å². The van der Waals surface area contributed by atoms with E-state index in [2.05, 4.69) is 25.4 Å². The number of halogens is 4. The second kappa shape index (κ2) is 7.38. The highest BCUT2D eigenvalue weighted by Crippen LogP contribution is 2.32. The Morgan fingerprint density at radius 2 is 1.92 bits per heavy atom. The molecule has 1 aliphatic rings. The molecule has 0 radical (unpaired) electrons. The van der Waals surface area contributed by atoms with Gasteiger partial charge in [0.25, 0.3) is 0 Å². The van der Waals surface area contributed by atoms with Gasteiger partial charge in [0.1, 0.15) is 10.6 Å². The van der Waals surface area contributed by atoms with Crippen LogP contribution in [-0.4, -0.2) is 50.0 Å². The fourth-order valence-corrected chi connectivity index (χ4v) is 4.34. The molecule has 7 nitrogen and oxygen atoms in total. The topological polar surface area (TPSA) is 95.9 Å². The maximum atomic E-state index is 12.5. The van der Waals surface area contributed by atoms with Gasteiger partial charge in [0, 0.05) is 23.6 Å². The molecule has 0 saturated carbocycles. The summed E-state index contributed by atoms with van der Waals surface area (Å²) in [5, 5.41) is 8.87. The van der Waals surface area contributed by atoms with Gasteiger partial charge in [0.05, 0.1) is 0 Å². The molecule has 1 aromatic carbocycles. The van der Waals surface area contributed by atoms with E-state index in [0.717, 1.165) is 17.0 Å². The normalized spacial score (nSPS) is 16.7. The summed E-state index contributed by atoms with van der Waals surface area (Å²) in [5.41, 5.74) is 0. The van der Waals surface area contributed by atoms with Gasteiger partial charge in [0.2, 0.25) is 10.0 Å². The number of nitrogens with one attached hydrogen (secondary N) is 1. The molecule has 2 rings (SSSR count). The van der Waals surface area contributed by atoms with E-state index in [-0.39, 0.29) is 30.4 Å². The van der Waals surface area contributed by atoms with Crippen LogP contribution >= 0.6 is 15.9 Å². The summed E-state index contributed by atoms with van der Waals surface area (Å²) >= 11 is 3.02. The van der Waals surface area contributed by atoms with Gasteiger partial charge in [-0.25, -0.2) is 17.9 Å². The highest BCUT2D eigenvalue weighted by Gasteiger charge is 2.35. The minimum atomic E-state index is -5.04. The third-order valence-corrected chi connectivity index (χ3v) is 5.54. The third-order valence-electron chi connectivity index (χ3n) is 3.51. The molecule has 0 aliphatic carbocycles. The average Bonchev–Trinajstić information content (AvgIpc) is 2.48. The van der Waals surface area contributed by atoms with Gasteiger partial charge in [-0.2, -0.15) is 0 Å². The molecule has 1 amide bonds. The van der Waals surface area contributed by atoms with Crippen LogP contribution in [0.25, 0.3) is 0 Å². The molecule has 0 bridgehead atoms. The summed E-state index contributed by atoms with van der Waals surface area (Å²) in [6.07, 6.45) is -5.70. The molecule has 1 aromatic rings. The summed E-state index contributed by atoms with van der Waals surface area (Å²) in [6, 6.07) is 2.55. The number of hydrogen-bond acceptors (Lipinski definition) is 4. The quantitative estimate of drug-likeness (QED) is 0.741. The van der Waals surface area contributed by atoms with Gasteiger partial charge in [0.15, 0.2) is 0 Å². The van der Waals surface area contributed by atoms with Crippen LogP contribution in [0.3, 0.4) is 0 Å². The lowest BCUT2D eigenvalue weighted by Crippen LogP contribution is -2.46. The number of amides is 1. The lowest BCUT2D eigenvalue weighted by atomic mass is 10.1. The maximum Gasteiger partial charge on any atom is 0.573 e. The van der Waals surface area contributed by atoms with Gasteiger partial charge >= 0.3 is 12.5 Å². The molecule has 1 saturated heterocycles. The third kappa shape index (κ3) is 5.47. The van der Waals surface area contributed by atoms with Crippen molar-refractivity contribution in [2.75, 3.05) is 13.1 Å². The Morgan fingerprint density at radius 1 is 1.32 bits per heavy atom. The van der Waals surface area contributed by atoms with Crippen LogP contribution in [0.1, 0.15) is 12.8 Å². The molecule has 1 fully saturated rings. The summed E-state index contributed by atoms with van der Waals surface area (Å²) in [6.45, 7) is 0.264. The molecule has 1 heterocycles. The van der Waals surface area contributed by atoms with Crippen LogP contribution < -0.4 is 9.46 Å². The largest absolute Gasteiger partial charge is 0.573 e. The smallest absolute Gasteiger partial charge is 0.465 e. The minimum absolute atomic E-state index is 0.132. The van der Waals surface area contributed by atoms with E-state index in [0.29, 0.717) is 0 Å². The second-order valence-corrected chi connectivity index (χ2v) is 7.90. The van der Waals surface area contributed by atoms with Gasteiger partial charge in [-0.1, -0.05) is 15.9 Å². The van der Waals surface area contributed by atoms with Crippen molar-refractivity contribution < 1.29 is 36.2 Å². The zero-order chi connectivity index (χ0) is 18.8. The van der Waals surface area contributed by atoms with Crippen LogP contribution in [0.15, 0.2) is 27.6 Å². The number of ether oxygens (including phenoxy) is 1. The monoisotopic (exact) mass is 446 g/mol. The molecule has 140 valence electrons. The van der Waals surface area contributed by atoms with Crippen LogP contribution in [0, 0.1) is 0 Å². The number of sulfonamides is 1. The fraction of sp³-hybridized carbons (Fsp3) is 0.462. The van der Waals surface area contributed by atoms with Crippen molar-refractivity contribution in [3.63, 3.8) is 0 Å². The van der Waals surface area contributed by atoms with Gasteiger partial charge in [-0.3, -0.25) is 0 Å². The molecule has 0 aromatic heterocycles. The number of benzene rings is 1. The lowest BCUT2D eigenvalue weighted by molar-refractivity contribution is -0.275. The molecule has 25 heavy (non-hydrogen) atoms. The zero-order valence-electron chi connectivity index (χ0n) is 12.6. The lowest BCUT2D eigenvalue weighted by Gasteiger charge is -2.30. The van der Waals surface area contributed by atoms with E-state index in [1.807, 2.05) is 0 Å². The first kappa shape index (κ1) is 19.8. The molecule has 1 aliphatic heterocycles. The van der Waals surface area contributed by atoms with E-state index in [9.17, 15) is 26.4 Å². The maximum absolute atomic E-state index is 12.5. The molecule has 0 unspecified atom stereocenters. The Bertz CT molecular complexity index is 749. The summed E-state index contributed by atoms with van der Waals surface area (Å²) < 4.78 is 68.7. The molecular weight excluding hydrogens is 433 g/mol. The fourth-order valence-electron chi connectivity index (χ4n) is 2.37. The Balaban J connectivity index is 2.19. The van der Waals surface area contributed by atoms with Gasteiger partial charge in [-0.15, -0.1) is 13.2 Å². The van der Waals surface area contributed by atoms with Gasteiger partial charge in [-0.05, 0) is 31.0 Å². The van der Waals surface area contributed by atoms with Crippen molar-refractivity contribution in [1.29, 1.82) is 0 Å². The number of alkyl halides is 3. The Labute approximate surface area is 149 Å². The van der Waals surface area contributed by atoms with E-state index >= 15 is 0 Å². The molecule has 0 spiro atoms. The summed E-state index contributed by atoms with van der Waals surface area (Å²) in [5.74, 6) is -0.842. The summed E-state index contributed by atoms with van der Waals surface area (Å²) in [4.78, 5) is 11.3. The Morgan fingerprint density at radius 3 is 2.44 bits per heavy atom. The Hall–Kier alpha value is -1.53. The first-order valence-electron chi connectivity index (χ1n) is 7.03. The number of nitrogens with zero attached hydrogens (tertiary/aromatic N) is 1.